The van der Waals surface area contributed by atoms with E-state index >= 15 is 0 Å². The van der Waals surface area contributed by atoms with E-state index in [1.165, 1.54) is 0 Å². The number of nitrogens with zero attached hydrogens (tertiary/aromatic N) is 2. The fourth-order valence-electron chi connectivity index (χ4n) is 1.77. The quantitative estimate of drug-likeness (QED) is 0.819. The number of carbonyl (C=O) groups excluding carboxylic acids is 1. The molecule has 1 rings (SSSR count). The van der Waals surface area contributed by atoms with E-state index in [-0.39, 0.29) is 17.4 Å². The van der Waals surface area contributed by atoms with Crippen molar-refractivity contribution in [3.05, 3.63) is 18.0 Å². The van der Waals surface area contributed by atoms with Gasteiger partial charge in [0.15, 0.2) is 0 Å². The van der Waals surface area contributed by atoms with Crippen molar-refractivity contribution in [2.45, 2.75) is 33.2 Å². The minimum atomic E-state index is -0.130. The van der Waals surface area contributed by atoms with Crippen LogP contribution in [-0.4, -0.2) is 28.3 Å². The lowest BCUT2D eigenvalue weighted by Gasteiger charge is -2.23. The molecule has 0 saturated heterocycles. The van der Waals surface area contributed by atoms with Gasteiger partial charge in [-0.2, -0.15) is 5.10 Å². The Balaban J connectivity index is 2.42. The molecule has 96 valence electrons. The largest absolute Gasteiger partial charge is 0.349 e. The Morgan fingerprint density at radius 1 is 1.59 bits per heavy atom. The maximum atomic E-state index is 11.8. The molecule has 0 fully saturated rings. The zero-order valence-corrected chi connectivity index (χ0v) is 11.0. The number of amides is 1. The predicted molar refractivity (Wildman–Crippen MR) is 67.6 cm³/mol. The van der Waals surface area contributed by atoms with Gasteiger partial charge in [-0.3, -0.25) is 9.48 Å². The van der Waals surface area contributed by atoms with Crippen LogP contribution >= 0.6 is 0 Å². The summed E-state index contributed by atoms with van der Waals surface area (Å²) in [6.45, 7) is 6.89. The molecule has 1 atom stereocenters. The molecule has 0 spiro atoms. The van der Waals surface area contributed by atoms with E-state index in [2.05, 4.69) is 31.2 Å². The van der Waals surface area contributed by atoms with Crippen molar-refractivity contribution in [3.63, 3.8) is 0 Å². The third-order valence-electron chi connectivity index (χ3n) is 2.45. The molecule has 0 bridgehead atoms. The number of rotatable bonds is 4. The second kappa shape index (κ2) is 5.31. The molecule has 0 radical (unpaired) electrons. The van der Waals surface area contributed by atoms with Gasteiger partial charge in [0.2, 0.25) is 0 Å². The molecular weight excluding hydrogens is 216 g/mol. The lowest BCUT2D eigenvalue weighted by Crippen LogP contribution is -2.39. The van der Waals surface area contributed by atoms with E-state index < -0.39 is 0 Å². The normalized spacial score (nSPS) is 13.5. The van der Waals surface area contributed by atoms with Crippen LogP contribution in [-0.2, 0) is 7.05 Å². The van der Waals surface area contributed by atoms with E-state index in [9.17, 15) is 4.79 Å². The number of nitrogens with one attached hydrogen (secondary N) is 1. The van der Waals surface area contributed by atoms with Gasteiger partial charge in [0.1, 0.15) is 5.69 Å². The first kappa shape index (κ1) is 13.7. The van der Waals surface area contributed by atoms with Gasteiger partial charge in [0.05, 0.1) is 0 Å². The minimum Gasteiger partial charge on any atom is -0.349 e. The van der Waals surface area contributed by atoms with Crippen molar-refractivity contribution >= 4 is 5.91 Å². The van der Waals surface area contributed by atoms with Crippen LogP contribution in [0.15, 0.2) is 12.3 Å². The molecule has 0 aromatic carbocycles. The van der Waals surface area contributed by atoms with Gasteiger partial charge in [-0.15, -0.1) is 0 Å². The number of aromatic nitrogens is 2. The lowest BCUT2D eigenvalue weighted by molar-refractivity contribution is 0.0939. The van der Waals surface area contributed by atoms with Crippen LogP contribution in [0.5, 0.6) is 0 Å². The molecule has 0 saturated carbocycles. The zero-order chi connectivity index (χ0) is 13.1. The molecule has 1 heterocycles. The van der Waals surface area contributed by atoms with Gasteiger partial charge in [0, 0.05) is 25.8 Å². The summed E-state index contributed by atoms with van der Waals surface area (Å²) in [5, 5.41) is 6.77. The van der Waals surface area contributed by atoms with Crippen LogP contribution in [0, 0.1) is 5.41 Å². The Kier molecular flexibility index (Phi) is 4.28. The van der Waals surface area contributed by atoms with Gasteiger partial charge in [-0.1, -0.05) is 20.8 Å². The number of hydrogen-bond donors (Lipinski definition) is 2. The molecule has 1 aromatic rings. The van der Waals surface area contributed by atoms with Crippen molar-refractivity contribution in [1.82, 2.24) is 15.1 Å². The molecule has 1 unspecified atom stereocenters. The third kappa shape index (κ3) is 4.56. The van der Waals surface area contributed by atoms with E-state index in [1.54, 1.807) is 24.0 Å². The smallest absolute Gasteiger partial charge is 0.269 e. The highest BCUT2D eigenvalue weighted by Gasteiger charge is 2.17. The van der Waals surface area contributed by atoms with Crippen LogP contribution < -0.4 is 11.1 Å². The Morgan fingerprint density at radius 3 is 2.71 bits per heavy atom. The summed E-state index contributed by atoms with van der Waals surface area (Å²) in [5.41, 5.74) is 6.69. The fourth-order valence-corrected chi connectivity index (χ4v) is 1.77. The van der Waals surface area contributed by atoms with Crippen molar-refractivity contribution < 1.29 is 4.79 Å². The van der Waals surface area contributed by atoms with Gasteiger partial charge in [-0.05, 0) is 17.9 Å². The molecule has 0 aliphatic carbocycles. The van der Waals surface area contributed by atoms with E-state index in [4.69, 9.17) is 5.73 Å². The monoisotopic (exact) mass is 238 g/mol. The minimum absolute atomic E-state index is 0.0211. The number of nitrogens with two attached hydrogens (primary N) is 1. The van der Waals surface area contributed by atoms with Crippen LogP contribution in [0.1, 0.15) is 37.7 Å². The SMILES string of the molecule is Cn1nccc1C(=O)NCC(N)CC(C)(C)C. The summed E-state index contributed by atoms with van der Waals surface area (Å²) >= 11 is 0. The molecule has 5 heteroatoms. The molecule has 3 N–H and O–H groups in total. The van der Waals surface area contributed by atoms with Crippen LogP contribution in [0.25, 0.3) is 0 Å². The Bertz CT molecular complexity index is 378. The van der Waals surface area contributed by atoms with Gasteiger partial charge >= 0.3 is 0 Å². The molecule has 17 heavy (non-hydrogen) atoms. The topological polar surface area (TPSA) is 72.9 Å². The van der Waals surface area contributed by atoms with E-state index in [0.29, 0.717) is 12.2 Å². The Hall–Kier alpha value is -1.36. The van der Waals surface area contributed by atoms with Crippen LogP contribution in [0.4, 0.5) is 0 Å². The Labute approximate surface area is 102 Å². The van der Waals surface area contributed by atoms with Gasteiger partial charge < -0.3 is 11.1 Å². The fraction of sp³-hybridized carbons (Fsp3) is 0.667. The maximum absolute atomic E-state index is 11.8. The number of carbonyl (C=O) groups is 1. The molecular formula is C12H22N4O. The van der Waals surface area contributed by atoms with E-state index in [0.717, 1.165) is 6.42 Å². The first-order valence-electron chi connectivity index (χ1n) is 5.81. The molecule has 1 amide bonds. The molecule has 0 aliphatic rings. The number of aryl methyl sites for hydroxylation is 1. The maximum Gasteiger partial charge on any atom is 0.269 e. The van der Waals surface area contributed by atoms with Crippen LogP contribution in [0.2, 0.25) is 0 Å². The summed E-state index contributed by atoms with van der Waals surface area (Å²) in [5.74, 6) is -0.130. The highest BCUT2D eigenvalue weighted by atomic mass is 16.2. The van der Waals surface area contributed by atoms with Crippen molar-refractivity contribution in [2.24, 2.45) is 18.2 Å². The molecule has 0 aliphatic heterocycles. The summed E-state index contributed by atoms with van der Waals surface area (Å²) in [6, 6.07) is 1.66. The van der Waals surface area contributed by atoms with E-state index in [1.807, 2.05) is 0 Å². The average molecular weight is 238 g/mol. The highest BCUT2D eigenvalue weighted by Crippen LogP contribution is 2.19. The summed E-state index contributed by atoms with van der Waals surface area (Å²) in [4.78, 5) is 11.8. The third-order valence-corrected chi connectivity index (χ3v) is 2.45. The first-order valence-corrected chi connectivity index (χ1v) is 5.81. The highest BCUT2D eigenvalue weighted by molar-refractivity contribution is 5.92. The summed E-state index contributed by atoms with van der Waals surface area (Å²) < 4.78 is 1.55. The van der Waals surface area contributed by atoms with Crippen LogP contribution in [0.3, 0.4) is 0 Å². The molecule has 5 nitrogen and oxygen atoms in total. The van der Waals surface area contributed by atoms with Crippen molar-refractivity contribution in [2.75, 3.05) is 6.54 Å². The summed E-state index contributed by atoms with van der Waals surface area (Å²) in [7, 11) is 1.74. The average Bonchev–Trinajstić information content (AvgIpc) is 2.58. The molecule has 1 aromatic heterocycles. The number of hydrogen-bond acceptors (Lipinski definition) is 3. The lowest BCUT2D eigenvalue weighted by atomic mass is 9.88. The summed E-state index contributed by atoms with van der Waals surface area (Å²) in [6.07, 6.45) is 2.47. The second-order valence-corrected chi connectivity index (χ2v) is 5.57. The van der Waals surface area contributed by atoms with Gasteiger partial charge in [0.25, 0.3) is 5.91 Å². The Morgan fingerprint density at radius 2 is 2.24 bits per heavy atom. The van der Waals surface area contributed by atoms with Gasteiger partial charge in [-0.25, -0.2) is 0 Å². The second-order valence-electron chi connectivity index (χ2n) is 5.57. The first-order chi connectivity index (χ1) is 7.79. The van der Waals surface area contributed by atoms with Crippen molar-refractivity contribution in [3.8, 4) is 0 Å². The zero-order valence-electron chi connectivity index (χ0n) is 11.0. The standard InChI is InChI=1S/C12H22N4O/c1-12(2,3)7-9(13)8-14-11(17)10-5-6-15-16(10)4/h5-6,9H,7-8,13H2,1-4H3,(H,14,17). The predicted octanol–water partition coefficient (Wildman–Crippen LogP) is 0.913. The van der Waals surface area contributed by atoms with Crippen molar-refractivity contribution in [1.29, 1.82) is 0 Å².